The maximum absolute atomic E-state index is 12.5. The molecule has 2 amide bonds. The third kappa shape index (κ3) is 3.62. The van der Waals surface area contributed by atoms with E-state index in [-0.39, 0.29) is 11.8 Å². The topological polar surface area (TPSA) is 66.4 Å². The molecule has 0 bridgehead atoms. The SMILES string of the molecule is CC(=O)N1CCN(C(=O)Cc2sc(-c3ccncc3)nc2C)CC1. The minimum atomic E-state index is 0.0717. The van der Waals surface area contributed by atoms with Gasteiger partial charge in [-0.15, -0.1) is 11.3 Å². The van der Waals surface area contributed by atoms with E-state index in [2.05, 4.69) is 9.97 Å². The van der Waals surface area contributed by atoms with E-state index < -0.39 is 0 Å². The van der Waals surface area contributed by atoms with Crippen LogP contribution in [-0.4, -0.2) is 57.8 Å². The Labute approximate surface area is 145 Å². The van der Waals surface area contributed by atoms with Crippen LogP contribution in [0.5, 0.6) is 0 Å². The molecule has 1 saturated heterocycles. The summed E-state index contributed by atoms with van der Waals surface area (Å²) in [5, 5.41) is 0.916. The van der Waals surface area contributed by atoms with Gasteiger partial charge in [-0.05, 0) is 19.1 Å². The average Bonchev–Trinajstić information content (AvgIpc) is 2.96. The van der Waals surface area contributed by atoms with Gasteiger partial charge in [0.2, 0.25) is 11.8 Å². The van der Waals surface area contributed by atoms with Crippen molar-refractivity contribution in [2.24, 2.45) is 0 Å². The molecule has 0 radical (unpaired) electrons. The Kier molecular flexibility index (Phi) is 4.89. The average molecular weight is 344 g/mol. The molecule has 24 heavy (non-hydrogen) atoms. The molecule has 1 aliphatic heterocycles. The van der Waals surface area contributed by atoms with E-state index >= 15 is 0 Å². The summed E-state index contributed by atoms with van der Waals surface area (Å²) in [7, 11) is 0. The maximum Gasteiger partial charge on any atom is 0.228 e. The van der Waals surface area contributed by atoms with Crippen LogP contribution in [0.2, 0.25) is 0 Å². The zero-order chi connectivity index (χ0) is 17.1. The second-order valence-electron chi connectivity index (χ2n) is 5.83. The molecule has 126 valence electrons. The van der Waals surface area contributed by atoms with Crippen LogP contribution in [0.4, 0.5) is 0 Å². The number of hydrogen-bond donors (Lipinski definition) is 0. The third-order valence-electron chi connectivity index (χ3n) is 4.21. The molecule has 0 spiro atoms. The molecular weight excluding hydrogens is 324 g/mol. The van der Waals surface area contributed by atoms with Crippen molar-refractivity contribution in [1.29, 1.82) is 0 Å². The number of pyridine rings is 1. The monoisotopic (exact) mass is 344 g/mol. The Morgan fingerprint density at radius 2 is 1.75 bits per heavy atom. The molecule has 7 heteroatoms. The van der Waals surface area contributed by atoms with Crippen molar-refractivity contribution in [1.82, 2.24) is 19.8 Å². The highest BCUT2D eigenvalue weighted by Gasteiger charge is 2.23. The van der Waals surface area contributed by atoms with E-state index in [9.17, 15) is 9.59 Å². The molecule has 2 aromatic rings. The summed E-state index contributed by atoms with van der Waals surface area (Å²) in [5.74, 6) is 0.175. The highest BCUT2D eigenvalue weighted by Crippen LogP contribution is 2.28. The molecule has 2 aromatic heterocycles. The number of thiazole rings is 1. The minimum Gasteiger partial charge on any atom is -0.339 e. The van der Waals surface area contributed by atoms with E-state index in [1.807, 2.05) is 24.0 Å². The molecule has 0 N–H and O–H groups in total. The van der Waals surface area contributed by atoms with Crippen LogP contribution in [-0.2, 0) is 16.0 Å². The fourth-order valence-corrected chi connectivity index (χ4v) is 3.79. The quantitative estimate of drug-likeness (QED) is 0.851. The Morgan fingerprint density at radius 3 is 2.38 bits per heavy atom. The van der Waals surface area contributed by atoms with Crippen LogP contribution >= 0.6 is 11.3 Å². The number of piperazine rings is 1. The van der Waals surface area contributed by atoms with Crippen LogP contribution in [0, 0.1) is 6.92 Å². The summed E-state index contributed by atoms with van der Waals surface area (Å²) in [6.45, 7) is 5.95. The number of nitrogens with zero attached hydrogens (tertiary/aromatic N) is 4. The molecule has 0 unspecified atom stereocenters. The fourth-order valence-electron chi connectivity index (χ4n) is 2.73. The first-order valence-electron chi connectivity index (χ1n) is 7.94. The van der Waals surface area contributed by atoms with Crippen molar-refractivity contribution < 1.29 is 9.59 Å². The highest BCUT2D eigenvalue weighted by molar-refractivity contribution is 7.15. The predicted molar refractivity (Wildman–Crippen MR) is 92.6 cm³/mol. The lowest BCUT2D eigenvalue weighted by molar-refractivity contribution is -0.137. The van der Waals surface area contributed by atoms with Crippen LogP contribution < -0.4 is 0 Å². The van der Waals surface area contributed by atoms with E-state index in [0.29, 0.717) is 32.6 Å². The zero-order valence-corrected chi connectivity index (χ0v) is 14.7. The first-order valence-corrected chi connectivity index (χ1v) is 8.76. The van der Waals surface area contributed by atoms with E-state index in [4.69, 9.17) is 0 Å². The predicted octanol–water partition coefficient (Wildman–Crippen LogP) is 1.75. The van der Waals surface area contributed by atoms with Crippen molar-refractivity contribution >= 4 is 23.2 Å². The largest absolute Gasteiger partial charge is 0.339 e. The molecule has 3 heterocycles. The smallest absolute Gasteiger partial charge is 0.228 e. The van der Waals surface area contributed by atoms with Crippen molar-refractivity contribution in [2.75, 3.05) is 26.2 Å². The molecular formula is C17H20N4O2S. The number of amides is 2. The van der Waals surface area contributed by atoms with Crippen molar-refractivity contribution in [3.05, 3.63) is 35.1 Å². The van der Waals surface area contributed by atoms with Gasteiger partial charge in [0.25, 0.3) is 0 Å². The van der Waals surface area contributed by atoms with Gasteiger partial charge in [0.05, 0.1) is 12.1 Å². The second kappa shape index (κ2) is 7.09. The van der Waals surface area contributed by atoms with Gasteiger partial charge in [-0.3, -0.25) is 14.6 Å². The van der Waals surface area contributed by atoms with E-state index in [1.165, 1.54) is 0 Å². The summed E-state index contributed by atoms with van der Waals surface area (Å²) in [5.41, 5.74) is 1.93. The highest BCUT2D eigenvalue weighted by atomic mass is 32.1. The second-order valence-corrected chi connectivity index (χ2v) is 6.91. The van der Waals surface area contributed by atoms with E-state index in [1.54, 1.807) is 35.6 Å². The summed E-state index contributed by atoms with van der Waals surface area (Å²) in [4.78, 5) is 37.1. The molecule has 0 saturated carbocycles. The van der Waals surface area contributed by atoms with Gasteiger partial charge >= 0.3 is 0 Å². The van der Waals surface area contributed by atoms with Crippen molar-refractivity contribution in [2.45, 2.75) is 20.3 Å². The van der Waals surface area contributed by atoms with Crippen molar-refractivity contribution in [3.63, 3.8) is 0 Å². The molecule has 6 nitrogen and oxygen atoms in total. The van der Waals surface area contributed by atoms with Gasteiger partial charge < -0.3 is 9.80 Å². The fraction of sp³-hybridized carbons (Fsp3) is 0.412. The molecule has 0 aliphatic carbocycles. The summed E-state index contributed by atoms with van der Waals surface area (Å²) in [6.07, 6.45) is 3.85. The van der Waals surface area contributed by atoms with Gasteiger partial charge in [0, 0.05) is 55.9 Å². The standard InChI is InChI=1S/C17H20N4O2S/c1-12-15(24-17(19-12)14-3-5-18-6-4-14)11-16(23)21-9-7-20(8-10-21)13(2)22/h3-6H,7-11H2,1-2H3. The Bertz CT molecular complexity index is 736. The first-order chi connectivity index (χ1) is 11.5. The van der Waals surface area contributed by atoms with Crippen LogP contribution in [0.1, 0.15) is 17.5 Å². The molecule has 0 atom stereocenters. The van der Waals surface area contributed by atoms with Gasteiger partial charge in [-0.1, -0.05) is 0 Å². The molecule has 0 aromatic carbocycles. The maximum atomic E-state index is 12.5. The summed E-state index contributed by atoms with van der Waals surface area (Å²) in [6, 6.07) is 3.84. The number of hydrogen-bond acceptors (Lipinski definition) is 5. The zero-order valence-electron chi connectivity index (χ0n) is 13.9. The molecule has 1 fully saturated rings. The lowest BCUT2D eigenvalue weighted by Gasteiger charge is -2.34. The first kappa shape index (κ1) is 16.6. The number of carbonyl (C=O) groups is 2. The minimum absolute atomic E-state index is 0.0717. The normalized spacial score (nSPS) is 14.8. The number of aromatic nitrogens is 2. The van der Waals surface area contributed by atoms with E-state index in [0.717, 1.165) is 21.1 Å². The molecule has 1 aliphatic rings. The lowest BCUT2D eigenvalue weighted by atomic mass is 10.2. The van der Waals surface area contributed by atoms with Crippen LogP contribution in [0.3, 0.4) is 0 Å². The van der Waals surface area contributed by atoms with Crippen LogP contribution in [0.15, 0.2) is 24.5 Å². The lowest BCUT2D eigenvalue weighted by Crippen LogP contribution is -2.50. The summed E-state index contributed by atoms with van der Waals surface area (Å²) >= 11 is 1.56. The Morgan fingerprint density at radius 1 is 1.12 bits per heavy atom. The van der Waals surface area contributed by atoms with Gasteiger partial charge in [0.15, 0.2) is 0 Å². The number of carbonyl (C=O) groups excluding carboxylic acids is 2. The number of rotatable bonds is 3. The molecule has 3 rings (SSSR count). The van der Waals surface area contributed by atoms with Gasteiger partial charge in [-0.25, -0.2) is 4.98 Å². The Balaban J connectivity index is 1.65. The Hall–Kier alpha value is -2.28. The number of aryl methyl sites for hydroxylation is 1. The van der Waals surface area contributed by atoms with Crippen LogP contribution in [0.25, 0.3) is 10.6 Å². The van der Waals surface area contributed by atoms with Gasteiger partial charge in [0.1, 0.15) is 5.01 Å². The third-order valence-corrected chi connectivity index (χ3v) is 5.42. The summed E-state index contributed by atoms with van der Waals surface area (Å²) < 4.78 is 0. The van der Waals surface area contributed by atoms with Crippen molar-refractivity contribution in [3.8, 4) is 10.6 Å². The van der Waals surface area contributed by atoms with Gasteiger partial charge in [-0.2, -0.15) is 0 Å².